The maximum absolute atomic E-state index is 10.7. The van der Waals surface area contributed by atoms with Crippen LogP contribution >= 0.6 is 0 Å². The van der Waals surface area contributed by atoms with E-state index in [-0.39, 0.29) is 18.8 Å². The lowest BCUT2D eigenvalue weighted by molar-refractivity contribution is -0.385. The quantitative estimate of drug-likeness (QED) is 0.140. The largest absolute Gasteiger partial charge is 0.398 e. The fourth-order valence-electron chi connectivity index (χ4n) is 3.23. The van der Waals surface area contributed by atoms with Gasteiger partial charge < -0.3 is 10.7 Å². The molecule has 0 aliphatic heterocycles. The van der Waals surface area contributed by atoms with E-state index in [4.69, 9.17) is 5.73 Å². The molecule has 0 radical (unpaired) electrons. The third-order valence-corrected chi connectivity index (χ3v) is 4.99. The van der Waals surface area contributed by atoms with Crippen LogP contribution in [0.5, 0.6) is 0 Å². The molecule has 0 amide bonds. The van der Waals surface area contributed by atoms with Crippen molar-refractivity contribution in [1.29, 1.82) is 0 Å². The molecule has 0 saturated carbocycles. The van der Waals surface area contributed by atoms with Gasteiger partial charge in [0.15, 0.2) is 0 Å². The molecule has 184 valence electrons. The van der Waals surface area contributed by atoms with Crippen LogP contribution in [0.15, 0.2) is 91.3 Å². The van der Waals surface area contributed by atoms with Crippen LogP contribution < -0.4 is 5.73 Å². The van der Waals surface area contributed by atoms with Gasteiger partial charge in [-0.05, 0) is 48.4 Å². The maximum atomic E-state index is 10.7. The molecule has 0 atom stereocenters. The zero-order valence-corrected chi connectivity index (χ0v) is 18.7. The van der Waals surface area contributed by atoms with Gasteiger partial charge in [-0.25, -0.2) is 4.98 Å². The van der Waals surface area contributed by atoms with Crippen LogP contribution in [0, 0.1) is 32.1 Å². The number of benzene rings is 2. The van der Waals surface area contributed by atoms with Crippen molar-refractivity contribution >= 4 is 28.0 Å². The molecule has 0 bridgehead atoms. The number of nitrogen functional groups attached to an aromatic ring is 1. The van der Waals surface area contributed by atoms with Crippen molar-refractivity contribution in [3.63, 3.8) is 0 Å². The first-order valence-corrected chi connectivity index (χ1v) is 10.6. The molecular formula is C27H22N6O4. The van der Waals surface area contributed by atoms with Gasteiger partial charge in [-0.2, -0.15) is 0 Å². The molecule has 3 N–H and O–H groups in total. The van der Waals surface area contributed by atoms with Gasteiger partial charge in [0.25, 0.3) is 11.4 Å². The molecule has 37 heavy (non-hydrogen) atoms. The van der Waals surface area contributed by atoms with E-state index in [9.17, 15) is 20.2 Å². The lowest BCUT2D eigenvalue weighted by Crippen LogP contribution is -1.94. The van der Waals surface area contributed by atoms with Crippen LogP contribution in [0.2, 0.25) is 0 Å². The molecule has 0 saturated heterocycles. The number of pyridine rings is 2. The summed E-state index contributed by atoms with van der Waals surface area (Å²) in [5.74, 6) is 5.59. The molecule has 5 rings (SSSR count). The summed E-state index contributed by atoms with van der Waals surface area (Å²) < 4.78 is 0. The summed E-state index contributed by atoms with van der Waals surface area (Å²) in [5, 5.41) is 22.2. The fraction of sp³-hybridized carbons (Fsp3) is 0.0370. The first-order valence-electron chi connectivity index (χ1n) is 10.6. The Morgan fingerprint density at radius 2 is 1.46 bits per heavy atom. The number of hydrogen-bond donors (Lipinski definition) is 2. The number of aromatic amines is 1. The first-order chi connectivity index (χ1) is 17.4. The van der Waals surface area contributed by atoms with E-state index in [2.05, 4.69) is 26.8 Å². The second-order valence-electron chi connectivity index (χ2n) is 7.42. The molecule has 0 fully saturated rings. The van der Waals surface area contributed by atoms with Gasteiger partial charge in [0.2, 0.25) is 0 Å². The molecule has 0 aliphatic carbocycles. The third-order valence-electron chi connectivity index (χ3n) is 4.99. The zero-order valence-electron chi connectivity index (χ0n) is 18.7. The Labute approximate surface area is 212 Å². The molecule has 3 aromatic heterocycles. The number of anilines is 1. The highest BCUT2D eigenvalue weighted by molar-refractivity contribution is 5.87. The Hall–Kier alpha value is -5.56. The molecule has 0 spiro atoms. The molecule has 0 aliphatic rings. The zero-order chi connectivity index (χ0) is 25.5. The topological polar surface area (TPSA) is 154 Å². The van der Waals surface area contributed by atoms with Crippen molar-refractivity contribution in [3.8, 4) is 23.2 Å². The Kier molecular flexibility index (Phi) is 8.25. The minimum Gasteiger partial charge on any atom is -0.398 e. The highest BCUT2D eigenvalue weighted by atomic mass is 16.6. The third kappa shape index (κ3) is 6.52. The number of nitrogens with one attached hydrogen (secondary N) is 1. The average molecular weight is 495 g/mol. The van der Waals surface area contributed by atoms with E-state index < -0.39 is 9.85 Å². The van der Waals surface area contributed by atoms with Gasteiger partial charge in [-0.1, -0.05) is 25.5 Å². The van der Waals surface area contributed by atoms with Crippen molar-refractivity contribution in [3.05, 3.63) is 123 Å². The summed E-state index contributed by atoms with van der Waals surface area (Å²) in [7, 11) is 0. The number of aromatic nitrogens is 3. The SMILES string of the molecule is C.Nc1ccc([N+](=O)[O-])cc1C#Cc1ccccn1.O=[N+]([O-])c1ccc2[nH]c(-c3ccccn3)cc2c1. The summed E-state index contributed by atoms with van der Waals surface area (Å²) in [6.07, 6.45) is 3.34. The van der Waals surface area contributed by atoms with Crippen LogP contribution in [0.25, 0.3) is 22.3 Å². The molecule has 3 heterocycles. The minimum absolute atomic E-state index is 0. The minimum atomic E-state index is -0.481. The van der Waals surface area contributed by atoms with E-state index in [0.717, 1.165) is 22.3 Å². The predicted molar refractivity (Wildman–Crippen MR) is 143 cm³/mol. The fourth-order valence-corrected chi connectivity index (χ4v) is 3.23. The molecule has 10 heteroatoms. The van der Waals surface area contributed by atoms with Crippen LogP contribution in [0.3, 0.4) is 0 Å². The second-order valence-corrected chi connectivity index (χ2v) is 7.42. The van der Waals surface area contributed by atoms with E-state index >= 15 is 0 Å². The van der Waals surface area contributed by atoms with Crippen molar-refractivity contribution < 1.29 is 9.85 Å². The first kappa shape index (κ1) is 26.1. The number of hydrogen-bond acceptors (Lipinski definition) is 7. The standard InChI is InChI=1S/2C13H9N3O2.CH4/c17-16(18)10-4-5-11-9(7-10)8-13(15-11)12-3-1-2-6-14-12;14-13-7-6-12(16(17)18)9-10(13)4-5-11-3-1-2-8-15-11;/h1-8,15H;1-3,6-9H,14H2;1H4. The van der Waals surface area contributed by atoms with Gasteiger partial charge >= 0.3 is 0 Å². The number of nitro groups is 2. The van der Waals surface area contributed by atoms with Crippen molar-refractivity contribution in [2.75, 3.05) is 5.73 Å². The van der Waals surface area contributed by atoms with E-state index in [1.54, 1.807) is 36.7 Å². The smallest absolute Gasteiger partial charge is 0.270 e. The van der Waals surface area contributed by atoms with Gasteiger partial charge in [-0.15, -0.1) is 0 Å². The lowest BCUT2D eigenvalue weighted by Gasteiger charge is -1.97. The Morgan fingerprint density at radius 3 is 2.11 bits per heavy atom. The van der Waals surface area contributed by atoms with E-state index in [0.29, 0.717) is 16.9 Å². The number of non-ortho nitro benzene ring substituents is 2. The number of rotatable bonds is 3. The van der Waals surface area contributed by atoms with Crippen molar-refractivity contribution in [2.24, 2.45) is 0 Å². The number of nitro benzene ring substituents is 2. The summed E-state index contributed by atoms with van der Waals surface area (Å²) in [5.41, 5.74) is 9.72. The summed E-state index contributed by atoms with van der Waals surface area (Å²) >= 11 is 0. The van der Waals surface area contributed by atoms with Crippen LogP contribution in [0.1, 0.15) is 18.7 Å². The monoisotopic (exact) mass is 494 g/mol. The highest BCUT2D eigenvalue weighted by Gasteiger charge is 2.10. The second kappa shape index (κ2) is 11.7. The number of nitrogens with zero attached hydrogens (tertiary/aromatic N) is 4. The molecule has 5 aromatic rings. The Bertz CT molecular complexity index is 1610. The van der Waals surface area contributed by atoms with Crippen LogP contribution in [0.4, 0.5) is 17.1 Å². The highest BCUT2D eigenvalue weighted by Crippen LogP contribution is 2.25. The van der Waals surface area contributed by atoms with E-state index in [1.165, 1.54) is 24.3 Å². The van der Waals surface area contributed by atoms with Gasteiger partial charge in [0.1, 0.15) is 5.69 Å². The van der Waals surface area contributed by atoms with Crippen molar-refractivity contribution in [1.82, 2.24) is 15.0 Å². The average Bonchev–Trinajstić information content (AvgIpc) is 3.33. The lowest BCUT2D eigenvalue weighted by atomic mass is 10.1. The van der Waals surface area contributed by atoms with Gasteiger partial charge in [0, 0.05) is 53.2 Å². The van der Waals surface area contributed by atoms with Gasteiger partial charge in [-0.3, -0.25) is 25.2 Å². The van der Waals surface area contributed by atoms with Crippen molar-refractivity contribution in [2.45, 2.75) is 7.43 Å². The van der Waals surface area contributed by atoms with Crippen LogP contribution in [-0.2, 0) is 0 Å². The summed E-state index contributed by atoms with van der Waals surface area (Å²) in [6.45, 7) is 0. The normalized spacial score (nSPS) is 9.73. The Morgan fingerprint density at radius 1 is 0.784 bits per heavy atom. The molecule has 2 aromatic carbocycles. The van der Waals surface area contributed by atoms with Gasteiger partial charge in [0.05, 0.1) is 26.8 Å². The molecule has 0 unspecified atom stereocenters. The maximum Gasteiger partial charge on any atom is 0.270 e. The Balaban J connectivity index is 0.000000200. The van der Waals surface area contributed by atoms with Crippen LogP contribution in [-0.4, -0.2) is 24.8 Å². The summed E-state index contributed by atoms with van der Waals surface area (Å²) in [4.78, 5) is 31.9. The number of fused-ring (bicyclic) bond motifs is 1. The van der Waals surface area contributed by atoms with E-state index in [1.807, 2.05) is 30.3 Å². The predicted octanol–water partition coefficient (Wildman–Crippen LogP) is 5.75. The molecule has 10 nitrogen and oxygen atoms in total. The number of H-pyrrole nitrogens is 1. The number of nitrogens with two attached hydrogens (primary N) is 1. The summed E-state index contributed by atoms with van der Waals surface area (Å²) in [6, 6.07) is 21.8. The molecular weight excluding hydrogens is 472 g/mol.